The van der Waals surface area contributed by atoms with Crippen molar-refractivity contribution in [1.29, 1.82) is 0 Å². The van der Waals surface area contributed by atoms with E-state index in [1.807, 2.05) is 0 Å². The Morgan fingerprint density at radius 1 is 1.19 bits per heavy atom. The normalized spacial score (nSPS) is 39.3. The van der Waals surface area contributed by atoms with Crippen LogP contribution in [0.2, 0.25) is 0 Å². The van der Waals surface area contributed by atoms with E-state index in [-0.39, 0.29) is 6.61 Å². The molecule has 2 aromatic heterocycles. The average molecular weight is 361 g/mol. The van der Waals surface area contributed by atoms with Crippen LogP contribution in [-0.2, 0) is 4.74 Å². The first-order valence-electron chi connectivity index (χ1n) is 9.19. The summed E-state index contributed by atoms with van der Waals surface area (Å²) in [5, 5.41) is 29.7. The summed E-state index contributed by atoms with van der Waals surface area (Å²) < 4.78 is 7.19. The third-order valence-electron chi connectivity index (χ3n) is 6.33. The number of aliphatic hydroxyl groups excluding tert-OH is 3. The number of rotatable bonds is 3. The molecule has 140 valence electrons. The Balaban J connectivity index is 1.55. The van der Waals surface area contributed by atoms with E-state index in [4.69, 9.17) is 15.5 Å². The number of nitrogens with two attached hydrogens (primary N) is 1. The Labute approximate surface area is 149 Å². The highest BCUT2D eigenvalue weighted by Gasteiger charge is 2.45. The molecule has 3 unspecified atom stereocenters. The van der Waals surface area contributed by atoms with Crippen LogP contribution in [0, 0.1) is 11.8 Å². The monoisotopic (exact) mass is 361 g/mol. The molecule has 0 amide bonds. The van der Waals surface area contributed by atoms with Gasteiger partial charge in [0, 0.05) is 5.92 Å². The molecule has 26 heavy (non-hydrogen) atoms. The largest absolute Gasteiger partial charge is 0.394 e. The molecule has 0 spiro atoms. The van der Waals surface area contributed by atoms with Crippen molar-refractivity contribution in [2.24, 2.45) is 11.8 Å². The van der Waals surface area contributed by atoms with E-state index < -0.39 is 24.5 Å². The van der Waals surface area contributed by atoms with Gasteiger partial charge in [-0.2, -0.15) is 0 Å². The topological polar surface area (TPSA) is 140 Å². The highest BCUT2D eigenvalue weighted by molar-refractivity contribution is 5.81. The minimum atomic E-state index is -1.19. The minimum absolute atomic E-state index is 0.314. The number of hydrogen-bond donors (Lipinski definition) is 4. The number of nitrogen functional groups attached to an aromatic ring is 1. The van der Waals surface area contributed by atoms with Crippen LogP contribution >= 0.6 is 0 Å². The predicted octanol–water partition coefficient (Wildman–Crippen LogP) is -0.0764. The molecule has 1 saturated heterocycles. The molecule has 2 saturated carbocycles. The van der Waals surface area contributed by atoms with Crippen LogP contribution in [0.4, 0.5) is 5.82 Å². The lowest BCUT2D eigenvalue weighted by Gasteiger charge is -2.21. The van der Waals surface area contributed by atoms with Crippen LogP contribution in [0.25, 0.3) is 11.2 Å². The van der Waals surface area contributed by atoms with Crippen molar-refractivity contribution in [2.75, 3.05) is 12.3 Å². The van der Waals surface area contributed by atoms with Crippen molar-refractivity contribution in [2.45, 2.75) is 56.1 Å². The Morgan fingerprint density at radius 2 is 2.04 bits per heavy atom. The number of nitrogens with zero attached hydrogens (tertiary/aromatic N) is 4. The van der Waals surface area contributed by atoms with Gasteiger partial charge in [-0.25, -0.2) is 15.0 Å². The van der Waals surface area contributed by atoms with E-state index in [0.717, 1.165) is 18.2 Å². The summed E-state index contributed by atoms with van der Waals surface area (Å²) in [5.41, 5.74) is 7.07. The van der Waals surface area contributed by atoms with Gasteiger partial charge in [-0.1, -0.05) is 6.42 Å². The number of anilines is 1. The van der Waals surface area contributed by atoms with Crippen LogP contribution in [0.5, 0.6) is 0 Å². The van der Waals surface area contributed by atoms with Gasteiger partial charge in [0.2, 0.25) is 0 Å². The van der Waals surface area contributed by atoms with Crippen molar-refractivity contribution in [3.63, 3.8) is 0 Å². The van der Waals surface area contributed by atoms with Gasteiger partial charge >= 0.3 is 0 Å². The molecule has 2 aromatic rings. The number of fused-ring (bicyclic) bond motifs is 3. The third kappa shape index (κ3) is 2.27. The van der Waals surface area contributed by atoms with Gasteiger partial charge in [-0.05, 0) is 31.1 Å². The number of ether oxygens (including phenoxy) is 1. The number of aliphatic hydroxyl groups is 3. The summed E-state index contributed by atoms with van der Waals surface area (Å²) in [6.07, 6.45) is 2.23. The highest BCUT2D eigenvalue weighted by atomic mass is 16.6. The summed E-state index contributed by atoms with van der Waals surface area (Å²) in [4.78, 5) is 13.5. The summed E-state index contributed by atoms with van der Waals surface area (Å²) in [7, 11) is 0. The fraction of sp³-hybridized carbons (Fsp3) is 0.706. The summed E-state index contributed by atoms with van der Waals surface area (Å²) in [6.45, 7) is -0.380. The summed E-state index contributed by atoms with van der Waals surface area (Å²) >= 11 is 0. The Morgan fingerprint density at radius 3 is 2.69 bits per heavy atom. The fourth-order valence-corrected chi connectivity index (χ4v) is 4.98. The molecule has 1 aliphatic heterocycles. The molecule has 5 N–H and O–H groups in total. The van der Waals surface area contributed by atoms with Crippen LogP contribution in [0.1, 0.15) is 43.7 Å². The van der Waals surface area contributed by atoms with Crippen molar-refractivity contribution in [3.8, 4) is 0 Å². The molecule has 0 radical (unpaired) electrons. The van der Waals surface area contributed by atoms with Crippen LogP contribution in [-0.4, -0.2) is 59.8 Å². The summed E-state index contributed by atoms with van der Waals surface area (Å²) in [5.74, 6) is 2.74. The molecule has 2 aliphatic carbocycles. The van der Waals surface area contributed by atoms with Crippen molar-refractivity contribution in [3.05, 3.63) is 12.2 Å². The lowest BCUT2D eigenvalue weighted by Crippen LogP contribution is -2.33. The molecule has 3 heterocycles. The van der Waals surface area contributed by atoms with E-state index in [9.17, 15) is 15.3 Å². The van der Waals surface area contributed by atoms with Gasteiger partial charge in [-0.15, -0.1) is 0 Å². The molecule has 3 aliphatic rings. The van der Waals surface area contributed by atoms with Crippen LogP contribution in [0.15, 0.2) is 6.33 Å². The molecule has 9 nitrogen and oxygen atoms in total. The second kappa shape index (κ2) is 5.85. The second-order valence-electron chi connectivity index (χ2n) is 7.80. The molecular weight excluding hydrogens is 338 g/mol. The van der Waals surface area contributed by atoms with Gasteiger partial charge in [0.05, 0.1) is 12.9 Å². The number of aromatic nitrogens is 4. The van der Waals surface area contributed by atoms with Crippen molar-refractivity contribution < 1.29 is 20.1 Å². The van der Waals surface area contributed by atoms with Gasteiger partial charge in [0.15, 0.2) is 17.7 Å². The third-order valence-corrected chi connectivity index (χ3v) is 6.33. The van der Waals surface area contributed by atoms with E-state index in [1.165, 1.54) is 25.6 Å². The van der Waals surface area contributed by atoms with Crippen LogP contribution in [0.3, 0.4) is 0 Å². The lowest BCUT2D eigenvalue weighted by molar-refractivity contribution is -0.0511. The Bertz CT molecular complexity index is 842. The zero-order valence-electron chi connectivity index (χ0n) is 14.3. The Kier molecular flexibility index (Phi) is 3.68. The molecule has 7 atom stereocenters. The highest BCUT2D eigenvalue weighted by Crippen LogP contribution is 2.52. The van der Waals surface area contributed by atoms with Crippen LogP contribution < -0.4 is 5.73 Å². The second-order valence-corrected chi connectivity index (χ2v) is 7.80. The maximum absolute atomic E-state index is 10.3. The fourth-order valence-electron chi connectivity index (χ4n) is 4.98. The van der Waals surface area contributed by atoms with Crippen molar-refractivity contribution >= 4 is 17.0 Å². The van der Waals surface area contributed by atoms with Crippen molar-refractivity contribution in [1.82, 2.24) is 19.5 Å². The molecule has 0 aromatic carbocycles. The molecule has 2 bridgehead atoms. The van der Waals surface area contributed by atoms with E-state index in [2.05, 4.69) is 9.97 Å². The maximum Gasteiger partial charge on any atom is 0.167 e. The van der Waals surface area contributed by atoms with Gasteiger partial charge in [0.25, 0.3) is 0 Å². The first kappa shape index (κ1) is 16.4. The lowest BCUT2D eigenvalue weighted by atomic mass is 9.88. The predicted molar refractivity (Wildman–Crippen MR) is 90.9 cm³/mol. The molecule has 5 rings (SSSR count). The standard InChI is InChI=1S/C17H23N5O4/c18-14-11-16(21-15(20-14)9-4-7-1-2-8(9)3-7)22(6-19-11)17-13(25)12(24)10(5-23)26-17/h6-10,12-13,17,23-25H,1-5H2,(H2,18,20,21)/t7?,8?,9?,10-,12-,13+,17-/m1/s1. The first-order chi connectivity index (χ1) is 12.6. The minimum Gasteiger partial charge on any atom is -0.394 e. The van der Waals surface area contributed by atoms with E-state index >= 15 is 0 Å². The molecular formula is C17H23N5O4. The van der Waals surface area contributed by atoms with E-state index in [1.54, 1.807) is 4.57 Å². The first-order valence-corrected chi connectivity index (χ1v) is 9.19. The molecule has 9 heteroatoms. The zero-order chi connectivity index (χ0) is 18.0. The number of hydrogen-bond acceptors (Lipinski definition) is 8. The van der Waals surface area contributed by atoms with Gasteiger partial charge < -0.3 is 25.8 Å². The van der Waals surface area contributed by atoms with Gasteiger partial charge in [0.1, 0.15) is 29.7 Å². The number of imidazole rings is 1. The van der Waals surface area contributed by atoms with Gasteiger partial charge in [-0.3, -0.25) is 4.57 Å². The quantitative estimate of drug-likeness (QED) is 0.595. The summed E-state index contributed by atoms with van der Waals surface area (Å²) in [6, 6.07) is 0. The SMILES string of the molecule is Nc1nc(C2CC3CCC2C3)nc2c1ncn2[C@@H]1O[C@H](CO)[C@@H](O)[C@@H]1O. The Hall–Kier alpha value is -1.81. The zero-order valence-corrected chi connectivity index (χ0v) is 14.3. The molecule has 3 fully saturated rings. The smallest absolute Gasteiger partial charge is 0.167 e. The maximum atomic E-state index is 10.3. The van der Waals surface area contributed by atoms with E-state index in [0.29, 0.717) is 28.8 Å². The average Bonchev–Trinajstić information content (AvgIpc) is 3.40.